The monoisotopic (exact) mass is 488 g/mol. The number of hydrogen-bond donors (Lipinski definition) is 0. The summed E-state index contributed by atoms with van der Waals surface area (Å²) in [6.45, 7) is 6.57. The number of hydrogen-bond acceptors (Lipinski definition) is 7. The number of nitrogens with zero attached hydrogens (tertiary/aromatic N) is 4. The van der Waals surface area contributed by atoms with Crippen LogP contribution in [0.5, 0.6) is 0 Å². The Kier molecular flexibility index (Phi) is 5.98. The summed E-state index contributed by atoms with van der Waals surface area (Å²) >= 11 is 3.36. The smallest absolute Gasteiger partial charge is 0.243 e. The Morgan fingerprint density at radius 1 is 1.12 bits per heavy atom. The van der Waals surface area contributed by atoms with Crippen LogP contribution in [-0.2, 0) is 21.3 Å². The number of imidazole rings is 1. The van der Waals surface area contributed by atoms with Crippen molar-refractivity contribution < 1.29 is 13.2 Å². The molecule has 32 heavy (non-hydrogen) atoms. The molecule has 0 bridgehead atoms. The van der Waals surface area contributed by atoms with E-state index in [1.54, 1.807) is 35.2 Å². The second kappa shape index (κ2) is 8.75. The van der Waals surface area contributed by atoms with Gasteiger partial charge in [-0.25, -0.2) is 18.4 Å². The fourth-order valence-electron chi connectivity index (χ4n) is 3.85. The minimum atomic E-state index is -3.56. The van der Waals surface area contributed by atoms with Gasteiger partial charge in [0.25, 0.3) is 0 Å². The summed E-state index contributed by atoms with van der Waals surface area (Å²) in [5, 5.41) is 2.06. The van der Waals surface area contributed by atoms with Gasteiger partial charge in [0, 0.05) is 19.6 Å². The molecule has 1 fully saturated rings. The maximum absolute atomic E-state index is 13.1. The molecule has 2 aromatic carbocycles. The van der Waals surface area contributed by atoms with Gasteiger partial charge in [-0.05, 0) is 44.2 Å². The second-order valence-corrected chi connectivity index (χ2v) is 11.9. The lowest BCUT2D eigenvalue weighted by Gasteiger charge is -2.26. The van der Waals surface area contributed by atoms with Crippen LogP contribution in [0.15, 0.2) is 52.5 Å². The van der Waals surface area contributed by atoms with Crippen LogP contribution in [0.25, 0.3) is 21.3 Å². The van der Waals surface area contributed by atoms with E-state index >= 15 is 0 Å². The Morgan fingerprint density at radius 3 is 2.66 bits per heavy atom. The summed E-state index contributed by atoms with van der Waals surface area (Å²) in [5.41, 5.74) is 2.65. The van der Waals surface area contributed by atoms with Crippen molar-refractivity contribution in [2.24, 2.45) is 0 Å². The lowest BCUT2D eigenvalue weighted by Crippen LogP contribution is -2.40. The van der Waals surface area contributed by atoms with Crippen molar-refractivity contribution in [2.75, 3.05) is 26.3 Å². The number of thioether (sulfide) groups is 1. The molecule has 0 spiro atoms. The molecule has 0 aliphatic carbocycles. The Balaban J connectivity index is 1.47. The van der Waals surface area contributed by atoms with Gasteiger partial charge < -0.3 is 9.30 Å². The van der Waals surface area contributed by atoms with Crippen LogP contribution < -0.4 is 0 Å². The van der Waals surface area contributed by atoms with E-state index in [1.807, 2.05) is 24.3 Å². The summed E-state index contributed by atoms with van der Waals surface area (Å²) in [7, 11) is -3.56. The van der Waals surface area contributed by atoms with Crippen molar-refractivity contribution in [3.8, 4) is 0 Å². The number of fused-ring (bicyclic) bond motifs is 2. The minimum absolute atomic E-state index is 0.131. The molecule has 7 nitrogen and oxygen atoms in total. The van der Waals surface area contributed by atoms with E-state index < -0.39 is 10.0 Å². The molecule has 1 aliphatic heterocycles. The zero-order chi connectivity index (χ0) is 22.3. The quantitative estimate of drug-likeness (QED) is 0.371. The Morgan fingerprint density at radius 2 is 1.91 bits per heavy atom. The number of aromatic nitrogens is 3. The van der Waals surface area contributed by atoms with Crippen molar-refractivity contribution in [1.82, 2.24) is 18.8 Å². The largest absolute Gasteiger partial charge is 0.379 e. The average Bonchev–Trinajstić information content (AvgIpc) is 3.40. The number of sulfonamides is 1. The maximum Gasteiger partial charge on any atom is 0.243 e. The van der Waals surface area contributed by atoms with E-state index in [4.69, 9.17) is 14.7 Å². The van der Waals surface area contributed by atoms with Crippen molar-refractivity contribution in [3.05, 3.63) is 47.5 Å². The van der Waals surface area contributed by atoms with Gasteiger partial charge in [0.1, 0.15) is 5.01 Å². The first kappa shape index (κ1) is 21.8. The highest BCUT2D eigenvalue weighted by atomic mass is 32.2. The van der Waals surface area contributed by atoms with E-state index in [2.05, 4.69) is 24.5 Å². The number of ether oxygens (including phenoxy) is 1. The van der Waals surface area contributed by atoms with Gasteiger partial charge in [-0.3, -0.25) is 0 Å². The normalized spacial score (nSPS) is 16.7. The van der Waals surface area contributed by atoms with Gasteiger partial charge in [0.05, 0.1) is 44.6 Å². The molecule has 1 aliphatic rings. The van der Waals surface area contributed by atoms with Gasteiger partial charge >= 0.3 is 0 Å². The molecule has 0 N–H and O–H groups in total. The van der Waals surface area contributed by atoms with Crippen LogP contribution in [0.2, 0.25) is 0 Å². The molecule has 1 saturated heterocycles. The van der Waals surface area contributed by atoms with E-state index in [0.717, 1.165) is 27.7 Å². The number of morpholine rings is 1. The SMILES string of the molecule is CCn1c(S[C@@H](C)c2nc3ccccc3s2)nc2cc(S(=O)(=O)N3CCOCC3)ccc21. The summed E-state index contributed by atoms with van der Waals surface area (Å²) in [6, 6.07) is 13.4. The van der Waals surface area contributed by atoms with Crippen LogP contribution in [0, 0.1) is 0 Å². The molecule has 4 aromatic rings. The summed E-state index contributed by atoms with van der Waals surface area (Å²) in [5.74, 6) is 0. The molecular weight excluding hydrogens is 464 g/mol. The standard InChI is InChI=1S/C22H24N4O3S3/c1-3-26-19-9-8-16(32(27,28)25-10-12-29-13-11-25)14-18(19)24-22(26)30-15(2)21-23-17-6-4-5-7-20(17)31-21/h4-9,14-15H,3,10-13H2,1-2H3/t15-/m0/s1. The van der Waals surface area contributed by atoms with Crippen LogP contribution in [-0.4, -0.2) is 53.6 Å². The van der Waals surface area contributed by atoms with E-state index in [1.165, 1.54) is 9.01 Å². The molecule has 1 atom stereocenters. The van der Waals surface area contributed by atoms with Crippen LogP contribution in [0.3, 0.4) is 0 Å². The number of thiazole rings is 1. The van der Waals surface area contributed by atoms with Crippen molar-refractivity contribution in [1.29, 1.82) is 0 Å². The zero-order valence-corrected chi connectivity index (χ0v) is 20.3. The second-order valence-electron chi connectivity index (χ2n) is 7.59. The first-order chi connectivity index (χ1) is 15.5. The van der Waals surface area contributed by atoms with Crippen LogP contribution in [0.1, 0.15) is 24.1 Å². The Labute approximate surface area is 195 Å². The Bertz CT molecular complexity index is 1340. The molecule has 168 valence electrons. The van der Waals surface area contributed by atoms with Gasteiger partial charge in [-0.1, -0.05) is 23.9 Å². The number of rotatable bonds is 6. The lowest BCUT2D eigenvalue weighted by molar-refractivity contribution is 0.0730. The van der Waals surface area contributed by atoms with E-state index in [9.17, 15) is 8.42 Å². The van der Waals surface area contributed by atoms with Gasteiger partial charge in [0.2, 0.25) is 10.0 Å². The van der Waals surface area contributed by atoms with Crippen molar-refractivity contribution in [3.63, 3.8) is 0 Å². The molecule has 10 heteroatoms. The average molecular weight is 489 g/mol. The fraction of sp³-hybridized carbons (Fsp3) is 0.364. The zero-order valence-electron chi connectivity index (χ0n) is 17.9. The first-order valence-electron chi connectivity index (χ1n) is 10.6. The predicted molar refractivity (Wildman–Crippen MR) is 129 cm³/mol. The first-order valence-corrected chi connectivity index (χ1v) is 13.7. The van der Waals surface area contributed by atoms with Gasteiger partial charge in [-0.2, -0.15) is 4.31 Å². The van der Waals surface area contributed by atoms with E-state index in [-0.39, 0.29) is 10.1 Å². The van der Waals surface area contributed by atoms with Gasteiger partial charge in [-0.15, -0.1) is 11.3 Å². The van der Waals surface area contributed by atoms with Crippen LogP contribution >= 0.6 is 23.1 Å². The maximum atomic E-state index is 13.1. The molecular formula is C22H24N4O3S3. The Hall–Kier alpha value is -1.98. The van der Waals surface area contributed by atoms with Crippen molar-refractivity contribution >= 4 is 54.4 Å². The molecule has 5 rings (SSSR count). The van der Waals surface area contributed by atoms with E-state index in [0.29, 0.717) is 31.8 Å². The molecule has 0 radical (unpaired) electrons. The minimum Gasteiger partial charge on any atom is -0.379 e. The molecule has 3 heterocycles. The third kappa shape index (κ3) is 3.94. The highest BCUT2D eigenvalue weighted by Crippen LogP contribution is 2.39. The lowest BCUT2D eigenvalue weighted by atomic mass is 10.3. The predicted octanol–water partition coefficient (Wildman–Crippen LogP) is 4.54. The van der Waals surface area contributed by atoms with Crippen LogP contribution in [0.4, 0.5) is 0 Å². The molecule has 0 unspecified atom stereocenters. The summed E-state index contributed by atoms with van der Waals surface area (Å²) < 4.78 is 36.2. The summed E-state index contributed by atoms with van der Waals surface area (Å²) in [4.78, 5) is 9.88. The third-order valence-electron chi connectivity index (χ3n) is 5.55. The third-order valence-corrected chi connectivity index (χ3v) is 9.91. The topological polar surface area (TPSA) is 77.3 Å². The highest BCUT2D eigenvalue weighted by molar-refractivity contribution is 7.99. The number of benzene rings is 2. The molecule has 0 amide bonds. The molecule has 0 saturated carbocycles. The number of aryl methyl sites for hydroxylation is 1. The number of para-hydroxylation sites is 1. The van der Waals surface area contributed by atoms with Crippen molar-refractivity contribution in [2.45, 2.75) is 35.7 Å². The highest BCUT2D eigenvalue weighted by Gasteiger charge is 2.27. The van der Waals surface area contributed by atoms with Gasteiger partial charge in [0.15, 0.2) is 5.16 Å². The fourth-order valence-corrected chi connectivity index (χ4v) is 7.44. The molecule has 2 aromatic heterocycles. The summed E-state index contributed by atoms with van der Waals surface area (Å²) in [6.07, 6.45) is 0.